The van der Waals surface area contributed by atoms with Gasteiger partial charge in [0, 0.05) is 17.0 Å². The number of nitrogens with zero attached hydrogens (tertiary/aromatic N) is 1. The van der Waals surface area contributed by atoms with E-state index in [9.17, 15) is 10.1 Å². The van der Waals surface area contributed by atoms with Crippen molar-refractivity contribution in [2.24, 2.45) is 0 Å². The Bertz CT molecular complexity index is 917. The van der Waals surface area contributed by atoms with Gasteiger partial charge in [-0.3, -0.25) is 0 Å². The van der Waals surface area contributed by atoms with E-state index in [1.54, 1.807) is 37.4 Å². The topological polar surface area (TPSA) is 72.5 Å². The van der Waals surface area contributed by atoms with Crippen LogP contribution in [0.2, 0.25) is 0 Å². The van der Waals surface area contributed by atoms with Crippen molar-refractivity contribution in [2.45, 2.75) is 0 Å². The summed E-state index contributed by atoms with van der Waals surface area (Å²) in [5, 5.41) is 10.2. The van der Waals surface area contributed by atoms with Gasteiger partial charge in [-0.25, -0.2) is 4.79 Å². The minimum absolute atomic E-state index is 0.221. The summed E-state index contributed by atoms with van der Waals surface area (Å²) in [5.41, 5.74) is 2.51. The van der Waals surface area contributed by atoms with Crippen molar-refractivity contribution in [1.82, 2.24) is 0 Å². The third-order valence-electron chi connectivity index (χ3n) is 3.59. The summed E-state index contributed by atoms with van der Waals surface area (Å²) < 4.78 is 15.5. The van der Waals surface area contributed by atoms with Crippen LogP contribution >= 0.6 is 0 Å². The molecule has 1 aromatic heterocycles. The van der Waals surface area contributed by atoms with Crippen LogP contribution in [0.3, 0.4) is 0 Å². The highest BCUT2D eigenvalue weighted by atomic mass is 16.5. The van der Waals surface area contributed by atoms with Gasteiger partial charge in [-0.15, -0.1) is 0 Å². The van der Waals surface area contributed by atoms with Gasteiger partial charge < -0.3 is 13.9 Å². The SMILES string of the molecule is COC(=O)c1ccc(-c2c(C#N)oc3cc(OC)ccc23)cc1. The molecular formula is C18H13NO4. The Kier molecular flexibility index (Phi) is 3.73. The largest absolute Gasteiger partial charge is 0.497 e. The summed E-state index contributed by atoms with van der Waals surface area (Å²) in [6.07, 6.45) is 0. The summed E-state index contributed by atoms with van der Waals surface area (Å²) in [5.74, 6) is 0.473. The average molecular weight is 307 g/mol. The molecule has 0 fully saturated rings. The van der Waals surface area contributed by atoms with Crippen molar-refractivity contribution in [3.63, 3.8) is 0 Å². The fourth-order valence-electron chi connectivity index (χ4n) is 2.46. The maximum absolute atomic E-state index is 11.5. The molecule has 0 saturated heterocycles. The second kappa shape index (κ2) is 5.85. The van der Waals surface area contributed by atoms with Crippen LogP contribution in [0, 0.1) is 11.3 Å². The number of esters is 1. The molecule has 0 aliphatic carbocycles. The fourth-order valence-corrected chi connectivity index (χ4v) is 2.46. The number of hydrogen-bond acceptors (Lipinski definition) is 5. The Morgan fingerprint density at radius 1 is 1.13 bits per heavy atom. The normalized spacial score (nSPS) is 10.3. The van der Waals surface area contributed by atoms with Crippen molar-refractivity contribution >= 4 is 16.9 Å². The van der Waals surface area contributed by atoms with Crippen molar-refractivity contribution in [1.29, 1.82) is 5.26 Å². The van der Waals surface area contributed by atoms with Crippen LogP contribution in [0.5, 0.6) is 5.75 Å². The monoisotopic (exact) mass is 307 g/mol. The Balaban J connectivity index is 2.15. The first-order chi connectivity index (χ1) is 11.2. The van der Waals surface area contributed by atoms with Crippen LogP contribution in [0.1, 0.15) is 16.1 Å². The number of benzene rings is 2. The van der Waals surface area contributed by atoms with E-state index in [1.165, 1.54) is 7.11 Å². The number of fused-ring (bicyclic) bond motifs is 1. The quantitative estimate of drug-likeness (QED) is 0.689. The van der Waals surface area contributed by atoms with Gasteiger partial charge in [0.1, 0.15) is 17.4 Å². The van der Waals surface area contributed by atoms with Gasteiger partial charge in [-0.05, 0) is 29.8 Å². The molecule has 5 heteroatoms. The lowest BCUT2D eigenvalue weighted by Crippen LogP contribution is -2.00. The lowest BCUT2D eigenvalue weighted by Gasteiger charge is -2.03. The highest BCUT2D eigenvalue weighted by molar-refractivity contribution is 5.98. The van der Waals surface area contributed by atoms with E-state index in [-0.39, 0.29) is 5.76 Å². The number of nitriles is 1. The van der Waals surface area contributed by atoms with Crippen LogP contribution in [0.25, 0.3) is 22.1 Å². The number of carbonyl (C=O) groups excluding carboxylic acids is 1. The molecule has 0 spiro atoms. The van der Waals surface area contributed by atoms with Gasteiger partial charge in [-0.1, -0.05) is 12.1 Å². The van der Waals surface area contributed by atoms with Gasteiger partial charge in [-0.2, -0.15) is 5.26 Å². The molecule has 2 aromatic carbocycles. The second-order valence-corrected chi connectivity index (χ2v) is 4.85. The summed E-state index contributed by atoms with van der Waals surface area (Å²) >= 11 is 0. The number of furan rings is 1. The Morgan fingerprint density at radius 3 is 2.48 bits per heavy atom. The van der Waals surface area contributed by atoms with E-state index in [2.05, 4.69) is 10.8 Å². The van der Waals surface area contributed by atoms with Crippen molar-refractivity contribution < 1.29 is 18.7 Å². The van der Waals surface area contributed by atoms with Crippen LogP contribution in [0.15, 0.2) is 46.9 Å². The van der Waals surface area contributed by atoms with E-state index in [4.69, 9.17) is 9.15 Å². The second-order valence-electron chi connectivity index (χ2n) is 4.85. The first-order valence-corrected chi connectivity index (χ1v) is 6.87. The Morgan fingerprint density at radius 2 is 1.87 bits per heavy atom. The van der Waals surface area contributed by atoms with Gasteiger partial charge in [0.15, 0.2) is 0 Å². The standard InChI is InChI=1S/C18H13NO4/c1-21-13-7-8-14-15(9-13)23-16(10-19)17(14)11-3-5-12(6-4-11)18(20)22-2/h3-9H,1-2H3. The molecule has 0 atom stereocenters. The highest BCUT2D eigenvalue weighted by Gasteiger charge is 2.17. The summed E-state index contributed by atoms with van der Waals surface area (Å²) in [6, 6.07) is 14.3. The molecule has 0 aliphatic rings. The number of ether oxygens (including phenoxy) is 2. The van der Waals surface area contributed by atoms with E-state index in [0.29, 0.717) is 22.5 Å². The zero-order valence-corrected chi connectivity index (χ0v) is 12.6. The number of rotatable bonds is 3. The van der Waals surface area contributed by atoms with Crippen LogP contribution in [-0.2, 0) is 4.74 Å². The van der Waals surface area contributed by atoms with Gasteiger partial charge in [0.25, 0.3) is 0 Å². The summed E-state index contributed by atoms with van der Waals surface area (Å²) in [6.45, 7) is 0. The highest BCUT2D eigenvalue weighted by Crippen LogP contribution is 2.36. The lowest BCUT2D eigenvalue weighted by atomic mass is 10.0. The molecule has 0 radical (unpaired) electrons. The van der Waals surface area contributed by atoms with E-state index in [0.717, 1.165) is 10.9 Å². The Labute approximate surface area is 132 Å². The minimum atomic E-state index is -0.404. The molecule has 0 unspecified atom stereocenters. The molecule has 1 heterocycles. The third kappa shape index (κ3) is 2.51. The maximum atomic E-state index is 11.5. The number of carbonyl (C=O) groups is 1. The van der Waals surface area contributed by atoms with Crippen molar-refractivity contribution in [2.75, 3.05) is 14.2 Å². The summed E-state index contributed by atoms with van der Waals surface area (Å²) in [4.78, 5) is 11.5. The van der Waals surface area contributed by atoms with Crippen molar-refractivity contribution in [3.05, 3.63) is 53.8 Å². The van der Waals surface area contributed by atoms with Gasteiger partial charge in [0.05, 0.1) is 19.8 Å². The van der Waals surface area contributed by atoms with Crippen LogP contribution in [-0.4, -0.2) is 20.2 Å². The molecular weight excluding hydrogens is 294 g/mol. The molecule has 23 heavy (non-hydrogen) atoms. The van der Waals surface area contributed by atoms with E-state index >= 15 is 0 Å². The predicted molar refractivity (Wildman–Crippen MR) is 84.3 cm³/mol. The first kappa shape index (κ1) is 14.7. The summed E-state index contributed by atoms with van der Waals surface area (Å²) in [7, 11) is 2.91. The van der Waals surface area contributed by atoms with Gasteiger partial charge in [0.2, 0.25) is 5.76 Å². The molecule has 3 rings (SSSR count). The maximum Gasteiger partial charge on any atom is 0.337 e. The van der Waals surface area contributed by atoms with E-state index < -0.39 is 5.97 Å². The Hall–Kier alpha value is -3.26. The van der Waals surface area contributed by atoms with Crippen LogP contribution < -0.4 is 4.74 Å². The number of hydrogen-bond donors (Lipinski definition) is 0. The molecule has 114 valence electrons. The third-order valence-corrected chi connectivity index (χ3v) is 3.59. The first-order valence-electron chi connectivity index (χ1n) is 6.87. The number of methoxy groups -OCH3 is 2. The van der Waals surface area contributed by atoms with Gasteiger partial charge >= 0.3 is 5.97 Å². The zero-order valence-electron chi connectivity index (χ0n) is 12.6. The average Bonchev–Trinajstić information content (AvgIpc) is 2.98. The molecule has 5 nitrogen and oxygen atoms in total. The molecule has 0 bridgehead atoms. The molecule has 0 saturated carbocycles. The smallest absolute Gasteiger partial charge is 0.337 e. The lowest BCUT2D eigenvalue weighted by molar-refractivity contribution is 0.0601. The molecule has 0 amide bonds. The molecule has 0 aliphatic heterocycles. The zero-order chi connectivity index (χ0) is 16.4. The predicted octanol–water partition coefficient (Wildman–Crippen LogP) is 3.77. The minimum Gasteiger partial charge on any atom is -0.497 e. The van der Waals surface area contributed by atoms with E-state index in [1.807, 2.05) is 12.1 Å². The fraction of sp³-hybridized carbons (Fsp3) is 0.111. The molecule has 3 aromatic rings. The molecule has 0 N–H and O–H groups in total. The van der Waals surface area contributed by atoms with Crippen LogP contribution in [0.4, 0.5) is 0 Å². The van der Waals surface area contributed by atoms with Crippen molar-refractivity contribution in [3.8, 4) is 22.9 Å².